The number of hydrogen-bond acceptors (Lipinski definition) is 4. The Bertz CT molecular complexity index is 354. The van der Waals surface area contributed by atoms with Gasteiger partial charge in [-0.1, -0.05) is 6.42 Å². The summed E-state index contributed by atoms with van der Waals surface area (Å²) in [5.74, 6) is 0. The van der Waals surface area contributed by atoms with Gasteiger partial charge in [-0.2, -0.15) is 0 Å². The highest BCUT2D eigenvalue weighted by Gasteiger charge is 2.22. The number of piperidine rings is 1. The molecule has 5 heteroatoms. The Kier molecular flexibility index (Phi) is 5.86. The minimum Gasteiger partial charge on any atom is -0.329 e. The molecule has 2 N–H and O–H groups in total. The fraction of sp³-hybridized carbons (Fsp3) is 0.750. The van der Waals surface area contributed by atoms with E-state index in [9.17, 15) is 0 Å². The number of halogens is 1. The standard InChI is InChI=1S/C12H21N3S.ClH/c1-9-12(16-10(2)14-9)8-15-6-4-3-5-11(15)7-13;/h11H,3-8,13H2,1-2H3;1H. The van der Waals surface area contributed by atoms with E-state index in [1.165, 1.54) is 41.4 Å². The van der Waals surface area contributed by atoms with Crippen LogP contribution in [-0.4, -0.2) is 29.0 Å². The third-order valence-corrected chi connectivity index (χ3v) is 4.43. The molecule has 0 radical (unpaired) electrons. The Morgan fingerprint density at radius 1 is 1.41 bits per heavy atom. The van der Waals surface area contributed by atoms with Crippen molar-refractivity contribution in [1.82, 2.24) is 9.88 Å². The summed E-state index contributed by atoms with van der Waals surface area (Å²) in [6, 6.07) is 0.579. The molecule has 1 aliphatic rings. The average Bonchev–Trinajstić information content (AvgIpc) is 2.58. The Morgan fingerprint density at radius 2 is 2.18 bits per heavy atom. The maximum Gasteiger partial charge on any atom is 0.0900 e. The van der Waals surface area contributed by atoms with Crippen molar-refractivity contribution in [3.8, 4) is 0 Å². The van der Waals surface area contributed by atoms with E-state index in [-0.39, 0.29) is 12.4 Å². The maximum atomic E-state index is 5.84. The van der Waals surface area contributed by atoms with Crippen molar-refractivity contribution in [2.24, 2.45) is 5.73 Å². The fourth-order valence-electron chi connectivity index (χ4n) is 2.44. The molecule has 2 rings (SSSR count). The first-order valence-electron chi connectivity index (χ1n) is 6.07. The normalized spacial score (nSPS) is 21.2. The van der Waals surface area contributed by atoms with Gasteiger partial charge in [0.15, 0.2) is 0 Å². The van der Waals surface area contributed by atoms with Crippen LogP contribution in [0.25, 0.3) is 0 Å². The van der Waals surface area contributed by atoms with E-state index < -0.39 is 0 Å². The lowest BCUT2D eigenvalue weighted by molar-refractivity contribution is 0.146. The Hall–Kier alpha value is -0.160. The number of thiazole rings is 1. The van der Waals surface area contributed by atoms with Gasteiger partial charge in [0.2, 0.25) is 0 Å². The minimum absolute atomic E-state index is 0. The molecular formula is C12H22ClN3S. The zero-order chi connectivity index (χ0) is 11.5. The van der Waals surface area contributed by atoms with Crippen LogP contribution in [0.2, 0.25) is 0 Å². The number of nitrogens with zero attached hydrogens (tertiary/aromatic N) is 2. The molecule has 1 aromatic rings. The number of nitrogens with two attached hydrogens (primary N) is 1. The molecule has 0 spiro atoms. The monoisotopic (exact) mass is 275 g/mol. The Balaban J connectivity index is 0.00000144. The summed E-state index contributed by atoms with van der Waals surface area (Å²) < 4.78 is 0. The van der Waals surface area contributed by atoms with Crippen LogP contribution in [0.1, 0.15) is 34.8 Å². The van der Waals surface area contributed by atoms with Crippen LogP contribution in [0.4, 0.5) is 0 Å². The molecule has 1 fully saturated rings. The predicted octanol–water partition coefficient (Wildman–Crippen LogP) is 2.49. The zero-order valence-corrected chi connectivity index (χ0v) is 12.2. The summed E-state index contributed by atoms with van der Waals surface area (Å²) in [6.07, 6.45) is 3.90. The highest BCUT2D eigenvalue weighted by atomic mass is 35.5. The third kappa shape index (κ3) is 3.65. The summed E-state index contributed by atoms with van der Waals surface area (Å²) in [6.45, 7) is 7.21. The first kappa shape index (κ1) is 14.9. The van der Waals surface area contributed by atoms with Gasteiger partial charge >= 0.3 is 0 Å². The molecule has 0 amide bonds. The lowest BCUT2D eigenvalue weighted by atomic mass is 10.0. The summed E-state index contributed by atoms with van der Waals surface area (Å²) in [5, 5.41) is 1.17. The average molecular weight is 276 g/mol. The first-order valence-corrected chi connectivity index (χ1v) is 6.89. The van der Waals surface area contributed by atoms with Crippen molar-refractivity contribution >= 4 is 23.7 Å². The minimum atomic E-state index is 0. The topological polar surface area (TPSA) is 42.2 Å². The van der Waals surface area contributed by atoms with Crippen molar-refractivity contribution in [1.29, 1.82) is 0 Å². The molecule has 3 nitrogen and oxygen atoms in total. The molecule has 0 aromatic carbocycles. The number of likely N-dealkylation sites (tertiary alicyclic amines) is 1. The summed E-state index contributed by atoms with van der Waals surface area (Å²) in [4.78, 5) is 8.43. The number of rotatable bonds is 3. The molecule has 2 heterocycles. The van der Waals surface area contributed by atoms with Gasteiger partial charge < -0.3 is 5.73 Å². The summed E-state index contributed by atoms with van der Waals surface area (Å²) in [5.41, 5.74) is 7.03. The molecule has 1 saturated heterocycles. The van der Waals surface area contributed by atoms with E-state index in [0.717, 1.165) is 13.1 Å². The molecule has 98 valence electrons. The van der Waals surface area contributed by atoms with Crippen molar-refractivity contribution in [3.63, 3.8) is 0 Å². The molecular weight excluding hydrogens is 254 g/mol. The number of hydrogen-bond donors (Lipinski definition) is 1. The molecule has 1 aliphatic heterocycles. The van der Waals surface area contributed by atoms with E-state index in [1.54, 1.807) is 0 Å². The fourth-order valence-corrected chi connectivity index (χ4v) is 3.40. The van der Waals surface area contributed by atoms with Crippen molar-refractivity contribution in [2.45, 2.75) is 45.7 Å². The van der Waals surface area contributed by atoms with Gasteiger partial charge in [0.25, 0.3) is 0 Å². The smallest absolute Gasteiger partial charge is 0.0900 e. The van der Waals surface area contributed by atoms with Gasteiger partial charge in [-0.3, -0.25) is 4.90 Å². The second kappa shape index (κ2) is 6.69. The number of aromatic nitrogens is 1. The molecule has 1 unspecified atom stereocenters. The molecule has 17 heavy (non-hydrogen) atoms. The lowest BCUT2D eigenvalue weighted by Crippen LogP contribution is -2.43. The first-order chi connectivity index (χ1) is 7.70. The molecule has 0 aliphatic carbocycles. The van der Waals surface area contributed by atoms with Crippen molar-refractivity contribution in [2.75, 3.05) is 13.1 Å². The van der Waals surface area contributed by atoms with E-state index in [0.29, 0.717) is 6.04 Å². The summed E-state index contributed by atoms with van der Waals surface area (Å²) in [7, 11) is 0. The van der Waals surface area contributed by atoms with E-state index in [2.05, 4.69) is 23.7 Å². The second-order valence-electron chi connectivity index (χ2n) is 4.60. The van der Waals surface area contributed by atoms with Crippen molar-refractivity contribution in [3.05, 3.63) is 15.6 Å². The zero-order valence-electron chi connectivity index (χ0n) is 10.6. The highest BCUT2D eigenvalue weighted by molar-refractivity contribution is 7.11. The van der Waals surface area contributed by atoms with E-state index >= 15 is 0 Å². The lowest BCUT2D eigenvalue weighted by Gasteiger charge is -2.34. The highest BCUT2D eigenvalue weighted by Crippen LogP contribution is 2.23. The number of aryl methyl sites for hydroxylation is 2. The van der Waals surface area contributed by atoms with Crippen LogP contribution >= 0.6 is 23.7 Å². The van der Waals surface area contributed by atoms with Gasteiger partial charge in [-0.05, 0) is 33.2 Å². The van der Waals surface area contributed by atoms with Crippen LogP contribution in [0.3, 0.4) is 0 Å². The van der Waals surface area contributed by atoms with Gasteiger partial charge in [-0.25, -0.2) is 4.98 Å². The second-order valence-corrected chi connectivity index (χ2v) is 5.88. The van der Waals surface area contributed by atoms with E-state index in [1.807, 2.05) is 11.3 Å². The largest absolute Gasteiger partial charge is 0.329 e. The molecule has 1 atom stereocenters. The van der Waals surface area contributed by atoms with E-state index in [4.69, 9.17) is 5.73 Å². The van der Waals surface area contributed by atoms with Crippen LogP contribution in [-0.2, 0) is 6.54 Å². The Labute approximate surface area is 114 Å². The van der Waals surface area contributed by atoms with Crippen LogP contribution in [0.5, 0.6) is 0 Å². The molecule has 1 aromatic heterocycles. The van der Waals surface area contributed by atoms with Crippen molar-refractivity contribution < 1.29 is 0 Å². The van der Waals surface area contributed by atoms with Gasteiger partial charge in [0.05, 0.1) is 10.7 Å². The van der Waals surface area contributed by atoms with Gasteiger partial charge in [-0.15, -0.1) is 23.7 Å². The maximum absolute atomic E-state index is 5.84. The third-order valence-electron chi connectivity index (χ3n) is 3.37. The predicted molar refractivity (Wildman–Crippen MR) is 75.9 cm³/mol. The van der Waals surface area contributed by atoms with Gasteiger partial charge in [0.1, 0.15) is 0 Å². The summed E-state index contributed by atoms with van der Waals surface area (Å²) >= 11 is 1.83. The SMILES string of the molecule is Cc1nc(C)c(CN2CCCCC2CN)s1.Cl. The van der Waals surface area contributed by atoms with Crippen LogP contribution in [0.15, 0.2) is 0 Å². The van der Waals surface area contributed by atoms with Gasteiger partial charge in [0, 0.05) is 24.0 Å². The molecule has 0 saturated carbocycles. The quantitative estimate of drug-likeness (QED) is 0.922. The van der Waals surface area contributed by atoms with Crippen LogP contribution < -0.4 is 5.73 Å². The molecule has 0 bridgehead atoms. The Morgan fingerprint density at radius 3 is 2.76 bits per heavy atom. The van der Waals surface area contributed by atoms with Crippen LogP contribution in [0, 0.1) is 13.8 Å².